The Labute approximate surface area is 116 Å². The zero-order chi connectivity index (χ0) is 13.9. The molecule has 2 aromatic heterocycles. The predicted octanol–water partition coefficient (Wildman–Crippen LogP) is 1.50. The minimum atomic E-state index is 0.551. The van der Waals surface area contributed by atoms with E-state index in [1.165, 1.54) is 11.9 Å². The minimum absolute atomic E-state index is 0.551. The van der Waals surface area contributed by atoms with Crippen LogP contribution >= 0.6 is 0 Å². The van der Waals surface area contributed by atoms with Crippen LogP contribution in [0.2, 0.25) is 0 Å². The average Bonchev–Trinajstić information content (AvgIpc) is 2.93. The molecule has 0 fully saturated rings. The molecule has 3 aromatic rings. The van der Waals surface area contributed by atoms with Crippen LogP contribution in [0, 0.1) is 6.92 Å². The van der Waals surface area contributed by atoms with Gasteiger partial charge in [-0.2, -0.15) is 14.6 Å². The molecule has 6 heteroatoms. The first-order valence-corrected chi connectivity index (χ1v) is 6.45. The molecule has 0 spiro atoms. The van der Waals surface area contributed by atoms with Crippen LogP contribution in [0.5, 0.6) is 0 Å². The van der Waals surface area contributed by atoms with Gasteiger partial charge in [-0.15, -0.1) is 0 Å². The first-order valence-electron chi connectivity index (χ1n) is 6.45. The molecule has 0 atom stereocenters. The van der Waals surface area contributed by atoms with Crippen molar-refractivity contribution in [3.05, 3.63) is 53.5 Å². The maximum atomic E-state index is 5.66. The predicted molar refractivity (Wildman–Crippen MR) is 77.2 cm³/mol. The minimum Gasteiger partial charge on any atom is -0.366 e. The van der Waals surface area contributed by atoms with Crippen molar-refractivity contribution in [2.45, 2.75) is 20.0 Å². The Morgan fingerprint density at radius 2 is 2.10 bits per heavy atom. The van der Waals surface area contributed by atoms with Gasteiger partial charge in [0.1, 0.15) is 12.1 Å². The second-order valence-electron chi connectivity index (χ2n) is 4.63. The molecular formula is C14H16N6. The number of nitrogens with zero attached hydrogens (tertiary/aromatic N) is 4. The monoisotopic (exact) mass is 268 g/mol. The summed E-state index contributed by atoms with van der Waals surface area (Å²) in [4.78, 5) is 8.42. The standard InChI is InChI=1S/C14H16N6/c1-10-5-13(20-14(19-10)17-9-18-20)16-8-12-4-2-3-11(6-12)7-15/h2-6,9,16H,7-8,15H2,1H3. The molecule has 0 radical (unpaired) electrons. The Balaban J connectivity index is 1.84. The third-order valence-electron chi connectivity index (χ3n) is 3.08. The van der Waals surface area contributed by atoms with E-state index in [2.05, 4.69) is 32.5 Å². The highest BCUT2D eigenvalue weighted by molar-refractivity contribution is 5.45. The number of hydrogen-bond acceptors (Lipinski definition) is 5. The van der Waals surface area contributed by atoms with Crippen molar-refractivity contribution in [1.29, 1.82) is 0 Å². The van der Waals surface area contributed by atoms with Crippen molar-refractivity contribution in [1.82, 2.24) is 19.6 Å². The first kappa shape index (κ1) is 12.6. The van der Waals surface area contributed by atoms with Gasteiger partial charge >= 0.3 is 0 Å². The van der Waals surface area contributed by atoms with Crippen molar-refractivity contribution in [3.63, 3.8) is 0 Å². The van der Waals surface area contributed by atoms with Crippen molar-refractivity contribution in [2.75, 3.05) is 5.32 Å². The van der Waals surface area contributed by atoms with E-state index < -0.39 is 0 Å². The summed E-state index contributed by atoms with van der Waals surface area (Å²) in [5.74, 6) is 1.48. The summed E-state index contributed by atoms with van der Waals surface area (Å²) in [6, 6.07) is 10.2. The molecule has 0 aliphatic rings. The molecule has 0 aliphatic heterocycles. The average molecular weight is 268 g/mol. The SMILES string of the molecule is Cc1cc(NCc2cccc(CN)c2)n2ncnc2n1. The molecule has 3 rings (SSSR count). The van der Waals surface area contributed by atoms with E-state index in [-0.39, 0.29) is 0 Å². The van der Waals surface area contributed by atoms with Gasteiger partial charge in [0.2, 0.25) is 0 Å². The van der Waals surface area contributed by atoms with Crippen molar-refractivity contribution >= 4 is 11.6 Å². The summed E-state index contributed by atoms with van der Waals surface area (Å²) in [7, 11) is 0. The van der Waals surface area contributed by atoms with E-state index in [1.807, 2.05) is 25.1 Å². The Kier molecular flexibility index (Phi) is 3.30. The summed E-state index contributed by atoms with van der Waals surface area (Å²) >= 11 is 0. The Morgan fingerprint density at radius 3 is 2.95 bits per heavy atom. The molecule has 1 aromatic carbocycles. The van der Waals surface area contributed by atoms with Crippen LogP contribution in [0.15, 0.2) is 36.7 Å². The molecule has 20 heavy (non-hydrogen) atoms. The van der Waals surface area contributed by atoms with Crippen LogP contribution in [0.4, 0.5) is 5.82 Å². The van der Waals surface area contributed by atoms with Crippen molar-refractivity contribution < 1.29 is 0 Å². The second kappa shape index (κ2) is 5.26. The summed E-state index contributed by atoms with van der Waals surface area (Å²) in [6.45, 7) is 3.19. The molecule has 3 N–H and O–H groups in total. The number of anilines is 1. The van der Waals surface area contributed by atoms with Crippen molar-refractivity contribution in [3.8, 4) is 0 Å². The number of nitrogens with two attached hydrogens (primary N) is 1. The van der Waals surface area contributed by atoms with Gasteiger partial charge in [0.05, 0.1) is 0 Å². The molecule has 102 valence electrons. The number of aryl methyl sites for hydroxylation is 1. The van der Waals surface area contributed by atoms with E-state index in [0.29, 0.717) is 18.9 Å². The molecular weight excluding hydrogens is 252 g/mol. The number of hydrogen-bond donors (Lipinski definition) is 2. The normalized spacial score (nSPS) is 10.9. The zero-order valence-electron chi connectivity index (χ0n) is 11.2. The Morgan fingerprint density at radius 1 is 1.25 bits per heavy atom. The highest BCUT2D eigenvalue weighted by Gasteiger charge is 2.05. The molecule has 2 heterocycles. The Bertz CT molecular complexity index is 733. The molecule has 0 amide bonds. The van der Waals surface area contributed by atoms with Crippen LogP contribution < -0.4 is 11.1 Å². The van der Waals surface area contributed by atoms with Gasteiger partial charge in [0.15, 0.2) is 0 Å². The second-order valence-corrected chi connectivity index (χ2v) is 4.63. The molecule has 6 nitrogen and oxygen atoms in total. The molecule has 0 aliphatic carbocycles. The highest BCUT2D eigenvalue weighted by atomic mass is 15.3. The summed E-state index contributed by atoms with van der Waals surface area (Å²) in [6.07, 6.45) is 1.50. The fourth-order valence-corrected chi connectivity index (χ4v) is 2.12. The quantitative estimate of drug-likeness (QED) is 0.749. The maximum Gasteiger partial charge on any atom is 0.254 e. The Hall–Kier alpha value is -2.47. The summed E-state index contributed by atoms with van der Waals surface area (Å²) in [5.41, 5.74) is 8.86. The van der Waals surface area contributed by atoms with Gasteiger partial charge in [-0.3, -0.25) is 0 Å². The maximum absolute atomic E-state index is 5.66. The number of fused-ring (bicyclic) bond motifs is 1. The van der Waals surface area contributed by atoms with Gasteiger partial charge in [-0.1, -0.05) is 24.3 Å². The van der Waals surface area contributed by atoms with Crippen LogP contribution in [-0.2, 0) is 13.1 Å². The molecule has 0 saturated heterocycles. The topological polar surface area (TPSA) is 81.1 Å². The van der Waals surface area contributed by atoms with Gasteiger partial charge in [0, 0.05) is 24.8 Å². The fraction of sp³-hybridized carbons (Fsp3) is 0.214. The third-order valence-corrected chi connectivity index (χ3v) is 3.08. The molecule has 0 unspecified atom stereocenters. The van der Waals surface area contributed by atoms with Gasteiger partial charge in [0.25, 0.3) is 5.78 Å². The van der Waals surface area contributed by atoms with E-state index in [4.69, 9.17) is 5.73 Å². The molecule has 0 saturated carbocycles. The number of aromatic nitrogens is 4. The van der Waals surface area contributed by atoms with Crippen LogP contribution in [0.25, 0.3) is 5.78 Å². The number of rotatable bonds is 4. The number of benzene rings is 1. The third kappa shape index (κ3) is 2.46. The van der Waals surface area contributed by atoms with E-state index in [1.54, 1.807) is 4.52 Å². The lowest BCUT2D eigenvalue weighted by Crippen LogP contribution is -2.07. The smallest absolute Gasteiger partial charge is 0.254 e. The van der Waals surface area contributed by atoms with Crippen LogP contribution in [-0.4, -0.2) is 19.6 Å². The van der Waals surface area contributed by atoms with Crippen molar-refractivity contribution in [2.24, 2.45) is 5.73 Å². The first-order chi connectivity index (χ1) is 9.76. The van der Waals surface area contributed by atoms with E-state index in [9.17, 15) is 0 Å². The highest BCUT2D eigenvalue weighted by Crippen LogP contribution is 2.12. The van der Waals surface area contributed by atoms with E-state index in [0.717, 1.165) is 17.1 Å². The van der Waals surface area contributed by atoms with Gasteiger partial charge in [-0.25, -0.2) is 4.98 Å². The molecule has 0 bridgehead atoms. The number of nitrogens with one attached hydrogen (secondary N) is 1. The van der Waals surface area contributed by atoms with Crippen LogP contribution in [0.3, 0.4) is 0 Å². The zero-order valence-corrected chi connectivity index (χ0v) is 11.2. The lowest BCUT2D eigenvalue weighted by molar-refractivity contribution is 0.915. The van der Waals surface area contributed by atoms with Crippen LogP contribution in [0.1, 0.15) is 16.8 Å². The van der Waals surface area contributed by atoms with Gasteiger partial charge < -0.3 is 11.1 Å². The van der Waals surface area contributed by atoms with Gasteiger partial charge in [-0.05, 0) is 18.1 Å². The summed E-state index contributed by atoms with van der Waals surface area (Å²) in [5, 5.41) is 7.53. The largest absolute Gasteiger partial charge is 0.366 e. The lowest BCUT2D eigenvalue weighted by atomic mass is 10.1. The fourth-order valence-electron chi connectivity index (χ4n) is 2.12. The lowest BCUT2D eigenvalue weighted by Gasteiger charge is -2.09. The van der Waals surface area contributed by atoms with E-state index >= 15 is 0 Å². The summed E-state index contributed by atoms with van der Waals surface area (Å²) < 4.78 is 1.69.